The van der Waals surface area contributed by atoms with Crippen LogP contribution in [0.4, 0.5) is 4.39 Å². The Balaban J connectivity index is 1.06. The highest BCUT2D eigenvalue weighted by Crippen LogP contribution is 2.34. The van der Waals surface area contributed by atoms with Crippen molar-refractivity contribution >= 4 is 11.0 Å². The summed E-state index contributed by atoms with van der Waals surface area (Å²) in [6.07, 6.45) is 7.36. The molecule has 1 atom stereocenters. The van der Waals surface area contributed by atoms with Crippen molar-refractivity contribution in [2.24, 2.45) is 0 Å². The first kappa shape index (κ1) is 20.7. The summed E-state index contributed by atoms with van der Waals surface area (Å²) >= 11 is 0. The van der Waals surface area contributed by atoms with Crippen molar-refractivity contribution in [3.05, 3.63) is 63.6 Å². The average molecular weight is 450 g/mol. The van der Waals surface area contributed by atoms with E-state index in [1.165, 1.54) is 17.8 Å². The summed E-state index contributed by atoms with van der Waals surface area (Å²) in [7, 11) is 0. The molecule has 0 spiro atoms. The van der Waals surface area contributed by atoms with Crippen LogP contribution in [0, 0.1) is 5.82 Å². The number of aryl methyl sites for hydroxylation is 1. The average Bonchev–Trinajstić information content (AvgIpc) is 3.23. The molecule has 7 nitrogen and oxygen atoms in total. The summed E-state index contributed by atoms with van der Waals surface area (Å²) in [5.41, 5.74) is 4.26. The van der Waals surface area contributed by atoms with Crippen LogP contribution >= 0.6 is 0 Å². The number of halogens is 1. The SMILES string of the molecule is O=c1ccc2ncc(F)c3c2n1C[C@H]3CN1CCC(NCc2cc3c(cn2)OCCC3)CC1. The van der Waals surface area contributed by atoms with Crippen LogP contribution in [0.25, 0.3) is 11.0 Å². The maximum absolute atomic E-state index is 14.7. The largest absolute Gasteiger partial charge is 0.492 e. The molecule has 0 bridgehead atoms. The van der Waals surface area contributed by atoms with E-state index in [1.54, 1.807) is 10.6 Å². The number of likely N-dealkylation sites (tertiary alicyclic amines) is 1. The summed E-state index contributed by atoms with van der Waals surface area (Å²) in [5, 5.41) is 3.66. The minimum atomic E-state index is -0.302. The van der Waals surface area contributed by atoms with Crippen molar-refractivity contribution in [3.63, 3.8) is 0 Å². The van der Waals surface area contributed by atoms with E-state index < -0.39 is 0 Å². The highest BCUT2D eigenvalue weighted by atomic mass is 19.1. The summed E-state index contributed by atoms with van der Waals surface area (Å²) < 4.78 is 22.0. The van der Waals surface area contributed by atoms with Crippen molar-refractivity contribution < 1.29 is 9.13 Å². The topological polar surface area (TPSA) is 72.3 Å². The van der Waals surface area contributed by atoms with E-state index in [0.29, 0.717) is 29.2 Å². The van der Waals surface area contributed by atoms with Crippen LogP contribution in [0.1, 0.15) is 42.0 Å². The van der Waals surface area contributed by atoms with Gasteiger partial charge in [0.15, 0.2) is 0 Å². The molecule has 1 fully saturated rings. The van der Waals surface area contributed by atoms with Crippen LogP contribution in [-0.2, 0) is 19.5 Å². The zero-order valence-corrected chi connectivity index (χ0v) is 18.6. The van der Waals surface area contributed by atoms with Crippen LogP contribution in [0.3, 0.4) is 0 Å². The zero-order chi connectivity index (χ0) is 22.4. The molecule has 3 aliphatic heterocycles. The molecule has 1 saturated heterocycles. The van der Waals surface area contributed by atoms with Gasteiger partial charge in [-0.3, -0.25) is 14.8 Å². The Morgan fingerprint density at radius 2 is 2.06 bits per heavy atom. The molecule has 0 aromatic carbocycles. The van der Waals surface area contributed by atoms with Crippen LogP contribution in [0.15, 0.2) is 35.4 Å². The second-order valence-electron chi connectivity index (χ2n) is 9.42. The lowest BCUT2D eigenvalue weighted by molar-refractivity contribution is 0.184. The predicted molar refractivity (Wildman–Crippen MR) is 123 cm³/mol. The first-order valence-electron chi connectivity index (χ1n) is 11.9. The number of hydrogen-bond donors (Lipinski definition) is 1. The molecular formula is C25H28FN5O2. The summed E-state index contributed by atoms with van der Waals surface area (Å²) in [6, 6.07) is 5.84. The Morgan fingerprint density at radius 1 is 1.18 bits per heavy atom. The number of hydrogen-bond acceptors (Lipinski definition) is 6. The maximum Gasteiger partial charge on any atom is 0.251 e. The molecule has 3 aromatic heterocycles. The summed E-state index contributed by atoms with van der Waals surface area (Å²) in [6.45, 7) is 4.75. The molecule has 0 aliphatic carbocycles. The van der Waals surface area contributed by atoms with E-state index in [4.69, 9.17) is 4.74 Å². The standard InChI is InChI=1S/C25H28FN5O2/c26-20-12-29-21-3-4-23(32)31-15-17(24(20)25(21)31)14-30-7-5-18(6-8-30)27-11-19-10-16-2-1-9-33-22(16)13-28-19/h3-4,10,12-13,17-18,27H,1-2,5-9,11,14-15H2/t17-/m1/s1. The van der Waals surface area contributed by atoms with Gasteiger partial charge in [0.1, 0.15) is 11.6 Å². The Hall–Kier alpha value is -2.84. The third-order valence-electron chi connectivity index (χ3n) is 7.29. The van der Waals surface area contributed by atoms with Crippen molar-refractivity contribution in [2.75, 3.05) is 26.2 Å². The Morgan fingerprint density at radius 3 is 2.94 bits per heavy atom. The minimum Gasteiger partial charge on any atom is -0.492 e. The van der Waals surface area contributed by atoms with Crippen molar-refractivity contribution in [3.8, 4) is 5.75 Å². The number of ether oxygens (including phenoxy) is 1. The predicted octanol–water partition coefficient (Wildman–Crippen LogP) is 2.61. The first-order valence-corrected chi connectivity index (χ1v) is 11.9. The number of fused-ring (bicyclic) bond motifs is 1. The summed E-state index contributed by atoms with van der Waals surface area (Å²) in [4.78, 5) is 23.5. The van der Waals surface area contributed by atoms with E-state index in [9.17, 15) is 9.18 Å². The van der Waals surface area contributed by atoms with Crippen molar-refractivity contribution in [1.82, 2.24) is 24.8 Å². The Bertz CT molecular complexity index is 1250. The molecule has 33 heavy (non-hydrogen) atoms. The fourth-order valence-corrected chi connectivity index (χ4v) is 5.58. The van der Waals surface area contributed by atoms with Crippen LogP contribution < -0.4 is 15.6 Å². The second-order valence-corrected chi connectivity index (χ2v) is 9.42. The molecule has 3 aliphatic rings. The molecule has 1 N–H and O–H groups in total. The number of nitrogens with zero attached hydrogens (tertiary/aromatic N) is 4. The van der Waals surface area contributed by atoms with Crippen LogP contribution in [-0.4, -0.2) is 51.7 Å². The lowest BCUT2D eigenvalue weighted by Gasteiger charge is -2.34. The third-order valence-corrected chi connectivity index (χ3v) is 7.29. The lowest BCUT2D eigenvalue weighted by atomic mass is 9.98. The number of rotatable bonds is 5. The molecule has 8 heteroatoms. The zero-order valence-electron chi connectivity index (χ0n) is 18.6. The maximum atomic E-state index is 14.7. The fraction of sp³-hybridized carbons (Fsp3) is 0.480. The Labute approximate surface area is 191 Å². The highest BCUT2D eigenvalue weighted by molar-refractivity contribution is 5.80. The molecule has 6 rings (SSSR count). The van der Waals surface area contributed by atoms with Gasteiger partial charge in [0, 0.05) is 43.2 Å². The molecule has 0 amide bonds. The van der Waals surface area contributed by atoms with Crippen LogP contribution in [0.2, 0.25) is 0 Å². The van der Waals surface area contributed by atoms with E-state index in [2.05, 4.69) is 26.3 Å². The van der Waals surface area contributed by atoms with Gasteiger partial charge in [0.25, 0.3) is 5.56 Å². The number of nitrogens with one attached hydrogen (secondary N) is 1. The van der Waals surface area contributed by atoms with E-state index in [1.807, 2.05) is 6.20 Å². The van der Waals surface area contributed by atoms with Crippen molar-refractivity contribution in [1.29, 1.82) is 0 Å². The summed E-state index contributed by atoms with van der Waals surface area (Å²) in [5.74, 6) is 0.610. The van der Waals surface area contributed by atoms with Gasteiger partial charge in [-0.1, -0.05) is 0 Å². The van der Waals surface area contributed by atoms with Gasteiger partial charge in [0.05, 0.1) is 35.7 Å². The van der Waals surface area contributed by atoms with Gasteiger partial charge < -0.3 is 19.5 Å². The van der Waals surface area contributed by atoms with Gasteiger partial charge in [-0.05, 0) is 56.5 Å². The van der Waals surface area contributed by atoms with Gasteiger partial charge in [-0.15, -0.1) is 0 Å². The Kier molecular flexibility index (Phi) is 5.34. The number of pyridine rings is 3. The molecule has 172 valence electrons. The monoisotopic (exact) mass is 449 g/mol. The molecule has 3 aromatic rings. The van der Waals surface area contributed by atoms with Gasteiger partial charge >= 0.3 is 0 Å². The van der Waals surface area contributed by atoms with E-state index in [0.717, 1.165) is 69.9 Å². The number of aromatic nitrogens is 3. The van der Waals surface area contributed by atoms with Gasteiger partial charge in [-0.2, -0.15) is 0 Å². The number of piperidine rings is 1. The molecule has 6 heterocycles. The van der Waals surface area contributed by atoms with E-state index >= 15 is 0 Å². The molecule has 0 saturated carbocycles. The lowest BCUT2D eigenvalue weighted by Crippen LogP contribution is -2.43. The van der Waals surface area contributed by atoms with Crippen molar-refractivity contribution in [2.45, 2.75) is 50.7 Å². The van der Waals surface area contributed by atoms with E-state index in [-0.39, 0.29) is 17.3 Å². The minimum absolute atomic E-state index is 0.0166. The smallest absolute Gasteiger partial charge is 0.251 e. The molecule has 0 radical (unpaired) electrons. The fourth-order valence-electron chi connectivity index (χ4n) is 5.58. The highest BCUT2D eigenvalue weighted by Gasteiger charge is 2.31. The third kappa shape index (κ3) is 3.91. The van der Waals surface area contributed by atoms with Gasteiger partial charge in [0.2, 0.25) is 0 Å². The quantitative estimate of drug-likeness (QED) is 0.646. The molecular weight excluding hydrogens is 421 g/mol. The second kappa shape index (κ2) is 8.50. The first-order chi connectivity index (χ1) is 16.2. The van der Waals surface area contributed by atoms with Crippen LogP contribution in [0.5, 0.6) is 5.75 Å². The molecule has 0 unspecified atom stereocenters. The normalized spacial score (nSPS) is 20.7. The van der Waals surface area contributed by atoms with Gasteiger partial charge in [-0.25, -0.2) is 4.39 Å².